The molecule has 0 aliphatic carbocycles. The number of hydrogen-bond acceptors (Lipinski definition) is 9. The number of nitrogens with zero attached hydrogens (tertiary/aromatic N) is 5. The smallest absolute Gasteiger partial charge is 0.256 e. The molecule has 4 heterocycles. The standard InChI is InChI=1S/C38H45N5O5/c1-45-35-25-31-33(39-27-29-11-9-17-43(29)38(31)44)26-36(35)47-23-7-5-16-42-20-18-41(19-21-42)15-4-6-22-46-30-12-8-10-28(24-30)37-40-32-13-2-3-14-34(32)48-37/h2-3,8,10,12-14,24-27,29H,4-7,9,11,15-23H2,1H3/t29-/m0/s1. The Labute approximate surface area is 282 Å². The van der Waals surface area contributed by atoms with E-state index >= 15 is 0 Å². The number of carbonyl (C=O) groups excluding carboxylic acids is 1. The molecule has 2 saturated heterocycles. The van der Waals surface area contributed by atoms with Crippen molar-refractivity contribution in [3.8, 4) is 28.7 Å². The van der Waals surface area contributed by atoms with Gasteiger partial charge in [-0.3, -0.25) is 9.79 Å². The van der Waals surface area contributed by atoms with Gasteiger partial charge >= 0.3 is 0 Å². The van der Waals surface area contributed by atoms with Gasteiger partial charge in [0.2, 0.25) is 5.89 Å². The fourth-order valence-electron chi connectivity index (χ4n) is 6.82. The van der Waals surface area contributed by atoms with Gasteiger partial charge < -0.3 is 33.3 Å². The Morgan fingerprint density at radius 3 is 2.38 bits per heavy atom. The van der Waals surface area contributed by atoms with Gasteiger partial charge in [0.1, 0.15) is 11.3 Å². The summed E-state index contributed by atoms with van der Waals surface area (Å²) in [5.41, 5.74) is 3.83. The fraction of sp³-hybridized carbons (Fsp3) is 0.447. The van der Waals surface area contributed by atoms with E-state index in [1.807, 2.05) is 65.7 Å². The molecule has 0 bridgehead atoms. The Hall–Kier alpha value is -4.41. The first-order valence-corrected chi connectivity index (χ1v) is 17.4. The third kappa shape index (κ3) is 7.50. The summed E-state index contributed by atoms with van der Waals surface area (Å²) in [4.78, 5) is 29.4. The molecule has 48 heavy (non-hydrogen) atoms. The summed E-state index contributed by atoms with van der Waals surface area (Å²) in [5, 5.41) is 0. The first-order valence-electron chi connectivity index (χ1n) is 17.4. The minimum Gasteiger partial charge on any atom is -0.494 e. The van der Waals surface area contributed by atoms with Crippen LogP contribution in [0.5, 0.6) is 17.2 Å². The molecular formula is C38H45N5O5. The Balaban J connectivity index is 0.773. The Kier molecular flexibility index (Phi) is 10.2. The molecule has 3 aromatic carbocycles. The van der Waals surface area contributed by atoms with Crippen LogP contribution in [0.25, 0.3) is 22.6 Å². The zero-order valence-corrected chi connectivity index (χ0v) is 27.8. The van der Waals surface area contributed by atoms with Crippen LogP contribution in [0, 0.1) is 0 Å². The van der Waals surface area contributed by atoms with E-state index in [0.717, 1.165) is 107 Å². The van der Waals surface area contributed by atoms with Crippen LogP contribution in [-0.2, 0) is 0 Å². The average molecular weight is 652 g/mol. The van der Waals surface area contributed by atoms with E-state index in [0.29, 0.717) is 41.9 Å². The number of carbonyl (C=O) groups is 1. The van der Waals surface area contributed by atoms with Gasteiger partial charge in [0.05, 0.1) is 37.6 Å². The number of methoxy groups -OCH3 is 1. The number of para-hydroxylation sites is 2. The number of hydrogen-bond donors (Lipinski definition) is 0. The number of rotatable bonds is 14. The molecule has 1 amide bonds. The first kappa shape index (κ1) is 32.2. The Morgan fingerprint density at radius 2 is 1.60 bits per heavy atom. The van der Waals surface area contributed by atoms with E-state index < -0.39 is 0 Å². The van der Waals surface area contributed by atoms with Crippen LogP contribution in [0.4, 0.5) is 5.69 Å². The summed E-state index contributed by atoms with van der Waals surface area (Å²) in [6.45, 7) is 8.66. The summed E-state index contributed by atoms with van der Waals surface area (Å²) in [7, 11) is 1.62. The predicted molar refractivity (Wildman–Crippen MR) is 187 cm³/mol. The van der Waals surface area contributed by atoms with Crippen molar-refractivity contribution in [1.29, 1.82) is 0 Å². The van der Waals surface area contributed by atoms with E-state index in [9.17, 15) is 4.79 Å². The zero-order valence-electron chi connectivity index (χ0n) is 27.8. The highest BCUT2D eigenvalue weighted by Gasteiger charge is 2.32. The maximum absolute atomic E-state index is 13.1. The van der Waals surface area contributed by atoms with E-state index in [1.54, 1.807) is 13.2 Å². The van der Waals surface area contributed by atoms with Crippen LogP contribution in [-0.4, -0.2) is 104 Å². The van der Waals surface area contributed by atoms with E-state index in [4.69, 9.17) is 18.6 Å². The molecule has 4 aromatic rings. The van der Waals surface area contributed by atoms with Gasteiger partial charge in [-0.15, -0.1) is 0 Å². The van der Waals surface area contributed by atoms with Crippen LogP contribution in [0.2, 0.25) is 0 Å². The van der Waals surface area contributed by atoms with Crippen molar-refractivity contribution in [3.05, 3.63) is 66.2 Å². The zero-order chi connectivity index (χ0) is 32.7. The second-order valence-corrected chi connectivity index (χ2v) is 12.8. The lowest BCUT2D eigenvalue weighted by Gasteiger charge is -2.34. The van der Waals surface area contributed by atoms with Gasteiger partial charge in [0.25, 0.3) is 5.91 Å². The van der Waals surface area contributed by atoms with Crippen molar-refractivity contribution in [2.75, 3.05) is 66.1 Å². The van der Waals surface area contributed by atoms with Gasteiger partial charge in [-0.05, 0) is 88.0 Å². The Bertz CT molecular complexity index is 1700. The third-order valence-electron chi connectivity index (χ3n) is 9.56. The monoisotopic (exact) mass is 651 g/mol. The number of aromatic nitrogens is 1. The second kappa shape index (κ2) is 15.2. The third-order valence-corrected chi connectivity index (χ3v) is 9.56. The molecule has 0 N–H and O–H groups in total. The van der Waals surface area contributed by atoms with Crippen LogP contribution >= 0.6 is 0 Å². The molecule has 10 heteroatoms. The molecule has 0 unspecified atom stereocenters. The van der Waals surface area contributed by atoms with Crippen molar-refractivity contribution < 1.29 is 23.4 Å². The average Bonchev–Trinajstić information content (AvgIpc) is 3.76. The highest BCUT2D eigenvalue weighted by Crippen LogP contribution is 2.38. The van der Waals surface area contributed by atoms with E-state index in [1.165, 1.54) is 0 Å². The number of fused-ring (bicyclic) bond motifs is 3. The molecular weight excluding hydrogens is 606 g/mol. The molecule has 0 spiro atoms. The van der Waals surface area contributed by atoms with Gasteiger partial charge in [0.15, 0.2) is 17.1 Å². The molecule has 7 rings (SSSR count). The summed E-state index contributed by atoms with van der Waals surface area (Å²) in [6.07, 6.45) is 8.06. The van der Waals surface area contributed by atoms with Crippen LogP contribution in [0.3, 0.4) is 0 Å². The van der Waals surface area contributed by atoms with E-state index in [-0.39, 0.29) is 11.9 Å². The number of ether oxygens (including phenoxy) is 3. The topological polar surface area (TPSA) is 92.9 Å². The van der Waals surface area contributed by atoms with Crippen LogP contribution < -0.4 is 14.2 Å². The van der Waals surface area contributed by atoms with Crippen molar-refractivity contribution >= 4 is 28.9 Å². The lowest BCUT2D eigenvalue weighted by Crippen LogP contribution is -2.46. The highest BCUT2D eigenvalue weighted by atomic mass is 16.5. The van der Waals surface area contributed by atoms with Crippen molar-refractivity contribution in [2.45, 2.75) is 44.6 Å². The molecule has 2 fully saturated rings. The van der Waals surface area contributed by atoms with Gasteiger partial charge in [-0.25, -0.2) is 4.98 Å². The minimum atomic E-state index is 0.0276. The molecule has 3 aliphatic rings. The first-order chi connectivity index (χ1) is 23.6. The number of aliphatic imine (C=N–C) groups is 1. The number of amides is 1. The fourth-order valence-corrected chi connectivity index (χ4v) is 6.82. The molecule has 10 nitrogen and oxygen atoms in total. The van der Waals surface area contributed by atoms with Gasteiger partial charge in [-0.1, -0.05) is 18.2 Å². The highest BCUT2D eigenvalue weighted by molar-refractivity contribution is 6.03. The lowest BCUT2D eigenvalue weighted by molar-refractivity contribution is 0.0774. The molecule has 1 atom stereocenters. The van der Waals surface area contributed by atoms with Crippen LogP contribution in [0.15, 0.2) is 70.1 Å². The van der Waals surface area contributed by atoms with E-state index in [2.05, 4.69) is 19.8 Å². The number of unbranched alkanes of at least 4 members (excludes halogenated alkanes) is 2. The maximum Gasteiger partial charge on any atom is 0.256 e. The van der Waals surface area contributed by atoms with Crippen LogP contribution in [0.1, 0.15) is 48.9 Å². The van der Waals surface area contributed by atoms with Crippen molar-refractivity contribution in [2.24, 2.45) is 4.99 Å². The minimum absolute atomic E-state index is 0.0276. The quantitative estimate of drug-likeness (QED) is 0.144. The SMILES string of the molecule is COc1cc2c(cc1OCCCCN1CCN(CCCCOc3cccc(-c4nc5ccccc5o4)c3)CC1)N=C[C@@H]1CCCN1C2=O. The molecule has 1 aromatic heterocycles. The Morgan fingerprint density at radius 1 is 0.833 bits per heavy atom. The summed E-state index contributed by atoms with van der Waals surface area (Å²) >= 11 is 0. The van der Waals surface area contributed by atoms with Gasteiger partial charge in [-0.2, -0.15) is 0 Å². The van der Waals surface area contributed by atoms with Crippen molar-refractivity contribution in [1.82, 2.24) is 19.7 Å². The number of benzene rings is 3. The molecule has 252 valence electrons. The molecule has 3 aliphatic heterocycles. The summed E-state index contributed by atoms with van der Waals surface area (Å²) in [5.74, 6) is 2.72. The summed E-state index contributed by atoms with van der Waals surface area (Å²) < 4.78 is 23.7. The second-order valence-electron chi connectivity index (χ2n) is 12.8. The number of oxazole rings is 1. The molecule has 0 radical (unpaired) electrons. The summed E-state index contributed by atoms with van der Waals surface area (Å²) in [6, 6.07) is 19.5. The largest absolute Gasteiger partial charge is 0.494 e. The normalized spacial score (nSPS) is 18.1. The van der Waals surface area contributed by atoms with Crippen molar-refractivity contribution in [3.63, 3.8) is 0 Å². The maximum atomic E-state index is 13.1. The predicted octanol–water partition coefficient (Wildman–Crippen LogP) is 6.46. The van der Waals surface area contributed by atoms with Gasteiger partial charge in [0, 0.05) is 50.6 Å². The number of piperazine rings is 1. The lowest BCUT2D eigenvalue weighted by atomic mass is 10.1. The molecule has 0 saturated carbocycles.